The first-order chi connectivity index (χ1) is 7.87. The van der Waals surface area contributed by atoms with Gasteiger partial charge in [0.2, 0.25) is 0 Å². The van der Waals surface area contributed by atoms with Crippen molar-refractivity contribution < 1.29 is 4.21 Å². The van der Waals surface area contributed by atoms with Crippen molar-refractivity contribution in [2.45, 2.75) is 31.8 Å². The Kier molecular flexibility index (Phi) is 5.17. The van der Waals surface area contributed by atoms with Crippen LogP contribution in [0, 0.1) is 11.5 Å². The molecule has 1 aromatic carbocycles. The van der Waals surface area contributed by atoms with Gasteiger partial charge in [-0.05, 0) is 11.1 Å². The number of hydrogen-bond acceptors (Lipinski definition) is 1. The predicted molar refractivity (Wildman–Crippen MR) is 79.0 cm³/mol. The smallest absolute Gasteiger partial charge is 0.129 e. The molecule has 0 N–H and O–H groups in total. The molecule has 0 heterocycles. The lowest BCUT2D eigenvalue weighted by Gasteiger charge is -2.04. The Labute approximate surface area is 108 Å². The van der Waals surface area contributed by atoms with E-state index in [1.165, 1.54) is 5.56 Å². The molecule has 0 amide bonds. The third kappa shape index (κ3) is 6.45. The summed E-state index contributed by atoms with van der Waals surface area (Å²) in [5, 5.41) is 0. The van der Waals surface area contributed by atoms with Crippen molar-refractivity contribution in [3.05, 3.63) is 35.4 Å². The van der Waals surface area contributed by atoms with E-state index in [-0.39, 0.29) is 0 Å². The first-order valence-corrected chi connectivity index (χ1v) is 11.0. The van der Waals surface area contributed by atoms with E-state index in [2.05, 4.69) is 43.2 Å². The second kappa shape index (κ2) is 6.18. The zero-order valence-electron chi connectivity index (χ0n) is 11.0. The van der Waals surface area contributed by atoms with Gasteiger partial charge in [0, 0.05) is 29.2 Å². The monoisotopic (exact) mass is 264 g/mol. The highest BCUT2D eigenvalue weighted by atomic mass is 32.2. The first kappa shape index (κ1) is 14.2. The second-order valence-corrected chi connectivity index (χ2v) is 11.4. The Hall–Kier alpha value is -0.853. The minimum absolute atomic E-state index is 0.640. The van der Waals surface area contributed by atoms with E-state index in [9.17, 15) is 4.21 Å². The molecule has 0 aliphatic heterocycles. The van der Waals surface area contributed by atoms with Gasteiger partial charge in [-0.2, -0.15) is 0 Å². The van der Waals surface area contributed by atoms with Gasteiger partial charge in [-0.15, -0.1) is 11.5 Å². The molecule has 3 heteroatoms. The van der Waals surface area contributed by atoms with Crippen LogP contribution in [0.25, 0.3) is 0 Å². The molecule has 1 aromatic rings. The molecule has 0 aromatic heterocycles. The van der Waals surface area contributed by atoms with E-state index < -0.39 is 18.9 Å². The molecule has 1 rings (SSSR count). The summed E-state index contributed by atoms with van der Waals surface area (Å²) in [5.74, 6) is 3.89. The SMILES string of the molecule is CS(=O)Cc1ccc(CC#C[Si](C)(C)C)cc1. The molecule has 0 saturated carbocycles. The van der Waals surface area contributed by atoms with Crippen LogP contribution >= 0.6 is 0 Å². The topological polar surface area (TPSA) is 17.1 Å². The van der Waals surface area contributed by atoms with Crippen LogP contribution in [0.5, 0.6) is 0 Å². The predicted octanol–water partition coefficient (Wildman–Crippen LogP) is 2.99. The molecule has 92 valence electrons. The van der Waals surface area contributed by atoms with Gasteiger partial charge in [-0.1, -0.05) is 43.9 Å². The quantitative estimate of drug-likeness (QED) is 0.606. The maximum atomic E-state index is 11.1. The molecule has 0 fully saturated rings. The van der Waals surface area contributed by atoms with Crippen LogP contribution in [0.3, 0.4) is 0 Å². The fraction of sp³-hybridized carbons (Fsp3) is 0.429. The third-order valence-corrected chi connectivity index (χ3v) is 3.82. The summed E-state index contributed by atoms with van der Waals surface area (Å²) in [7, 11) is -2.01. The molecular weight excluding hydrogens is 244 g/mol. The van der Waals surface area contributed by atoms with Crippen LogP contribution in [-0.4, -0.2) is 18.5 Å². The molecule has 0 bridgehead atoms. The van der Waals surface area contributed by atoms with Crippen LogP contribution in [0.2, 0.25) is 19.6 Å². The van der Waals surface area contributed by atoms with Gasteiger partial charge in [0.25, 0.3) is 0 Å². The van der Waals surface area contributed by atoms with Crippen LogP contribution < -0.4 is 0 Å². The average Bonchev–Trinajstić information content (AvgIpc) is 2.18. The molecule has 1 nitrogen and oxygen atoms in total. The maximum absolute atomic E-state index is 11.1. The van der Waals surface area contributed by atoms with Crippen molar-refractivity contribution in [1.29, 1.82) is 0 Å². The van der Waals surface area contributed by atoms with Crippen LogP contribution in [0.4, 0.5) is 0 Å². The van der Waals surface area contributed by atoms with Gasteiger partial charge in [0.1, 0.15) is 8.07 Å². The third-order valence-electron chi connectivity index (χ3n) is 2.15. The molecule has 0 aliphatic rings. The Morgan fingerprint density at radius 1 is 1.12 bits per heavy atom. The van der Waals surface area contributed by atoms with Crippen molar-refractivity contribution in [1.82, 2.24) is 0 Å². The highest BCUT2D eigenvalue weighted by Gasteiger charge is 2.07. The standard InChI is InChI=1S/C14H20OSSi/c1-16(15)12-14-9-7-13(8-10-14)6-5-11-17(2,3)4/h7-10H,6,12H2,1-4H3. The van der Waals surface area contributed by atoms with Gasteiger partial charge in [-0.25, -0.2) is 0 Å². The van der Waals surface area contributed by atoms with Crippen molar-refractivity contribution in [2.75, 3.05) is 6.26 Å². The lowest BCUT2D eigenvalue weighted by Crippen LogP contribution is -2.16. The van der Waals surface area contributed by atoms with E-state index in [1.807, 2.05) is 12.1 Å². The molecular formula is C14H20OSSi. The van der Waals surface area contributed by atoms with Crippen LogP contribution in [0.1, 0.15) is 11.1 Å². The lowest BCUT2D eigenvalue weighted by molar-refractivity contribution is 0.686. The van der Waals surface area contributed by atoms with E-state index in [0.717, 1.165) is 12.0 Å². The molecule has 1 atom stereocenters. The summed E-state index contributed by atoms with van der Waals surface area (Å²) < 4.78 is 11.1. The van der Waals surface area contributed by atoms with E-state index >= 15 is 0 Å². The van der Waals surface area contributed by atoms with E-state index in [4.69, 9.17) is 0 Å². The molecule has 0 saturated heterocycles. The van der Waals surface area contributed by atoms with Crippen molar-refractivity contribution in [3.63, 3.8) is 0 Å². The molecule has 0 spiro atoms. The average molecular weight is 264 g/mol. The zero-order chi connectivity index (χ0) is 12.9. The van der Waals surface area contributed by atoms with E-state index in [0.29, 0.717) is 5.75 Å². The van der Waals surface area contributed by atoms with Gasteiger partial charge in [0.15, 0.2) is 0 Å². The van der Waals surface area contributed by atoms with Crippen LogP contribution in [0.15, 0.2) is 24.3 Å². The first-order valence-electron chi connectivity index (χ1n) is 5.75. The normalized spacial score (nSPS) is 12.7. The van der Waals surface area contributed by atoms with Gasteiger partial charge in [-0.3, -0.25) is 4.21 Å². The Morgan fingerprint density at radius 3 is 2.12 bits per heavy atom. The highest BCUT2D eigenvalue weighted by Crippen LogP contribution is 2.07. The Balaban J connectivity index is 2.62. The van der Waals surface area contributed by atoms with Crippen molar-refractivity contribution >= 4 is 18.9 Å². The largest absolute Gasteiger partial charge is 0.260 e. The van der Waals surface area contributed by atoms with Crippen molar-refractivity contribution in [3.8, 4) is 11.5 Å². The number of hydrogen-bond donors (Lipinski definition) is 0. The molecule has 1 unspecified atom stereocenters. The van der Waals surface area contributed by atoms with Gasteiger partial charge in [0.05, 0.1) is 0 Å². The summed E-state index contributed by atoms with van der Waals surface area (Å²) in [6.45, 7) is 6.75. The fourth-order valence-electron chi connectivity index (χ4n) is 1.40. The summed E-state index contributed by atoms with van der Waals surface area (Å²) in [6.07, 6.45) is 2.55. The molecule has 0 radical (unpaired) electrons. The zero-order valence-corrected chi connectivity index (χ0v) is 12.9. The minimum atomic E-state index is -1.25. The minimum Gasteiger partial charge on any atom is -0.260 e. The summed E-state index contributed by atoms with van der Waals surface area (Å²) in [6, 6.07) is 8.27. The number of rotatable bonds is 3. The van der Waals surface area contributed by atoms with Gasteiger partial charge < -0.3 is 0 Å². The molecule has 0 aliphatic carbocycles. The second-order valence-electron chi connectivity index (χ2n) is 5.26. The Bertz CT molecular complexity index is 446. The fourth-order valence-corrected chi connectivity index (χ4v) is 2.68. The van der Waals surface area contributed by atoms with Crippen LogP contribution in [-0.2, 0) is 23.0 Å². The molecule has 17 heavy (non-hydrogen) atoms. The summed E-state index contributed by atoms with van der Waals surface area (Å²) >= 11 is 0. The van der Waals surface area contributed by atoms with Gasteiger partial charge >= 0.3 is 0 Å². The van der Waals surface area contributed by atoms with Crippen molar-refractivity contribution in [2.24, 2.45) is 0 Å². The highest BCUT2D eigenvalue weighted by molar-refractivity contribution is 7.83. The summed E-state index contributed by atoms with van der Waals surface area (Å²) in [4.78, 5) is 0. The number of benzene rings is 1. The lowest BCUT2D eigenvalue weighted by atomic mass is 10.1. The maximum Gasteiger partial charge on any atom is 0.129 e. The van der Waals surface area contributed by atoms with E-state index in [1.54, 1.807) is 6.26 Å². The Morgan fingerprint density at radius 2 is 1.65 bits per heavy atom. The summed E-state index contributed by atoms with van der Waals surface area (Å²) in [5.41, 5.74) is 5.73.